The van der Waals surface area contributed by atoms with E-state index >= 15 is 0 Å². The molecular formula is C9H13BrN2. The lowest BCUT2D eigenvalue weighted by Gasteiger charge is -2.18. The Balaban J connectivity index is 3.19. The van der Waals surface area contributed by atoms with Crippen LogP contribution in [0.2, 0.25) is 0 Å². The molecule has 0 spiro atoms. The molecule has 0 atom stereocenters. The summed E-state index contributed by atoms with van der Waals surface area (Å²) in [5.74, 6) is 0. The molecule has 1 aromatic heterocycles. The van der Waals surface area contributed by atoms with Crippen molar-refractivity contribution in [1.29, 1.82) is 0 Å². The first kappa shape index (κ1) is 9.65. The average Bonchev–Trinajstić information content (AvgIpc) is 1.83. The summed E-state index contributed by atoms with van der Waals surface area (Å²) in [7, 11) is 0. The van der Waals surface area contributed by atoms with Gasteiger partial charge in [0.15, 0.2) is 0 Å². The lowest BCUT2D eigenvalue weighted by Crippen LogP contribution is -2.15. The molecule has 0 radical (unpaired) electrons. The van der Waals surface area contributed by atoms with Crippen LogP contribution < -0.4 is 0 Å². The zero-order valence-corrected chi connectivity index (χ0v) is 9.44. The van der Waals surface area contributed by atoms with Gasteiger partial charge < -0.3 is 0 Å². The summed E-state index contributed by atoms with van der Waals surface area (Å²) in [6, 6.07) is 0. The average molecular weight is 229 g/mol. The molecule has 0 fully saturated rings. The van der Waals surface area contributed by atoms with Gasteiger partial charge in [0.1, 0.15) is 4.60 Å². The molecule has 66 valence electrons. The van der Waals surface area contributed by atoms with Gasteiger partial charge in [-0.2, -0.15) is 0 Å². The van der Waals surface area contributed by atoms with Crippen LogP contribution in [0.5, 0.6) is 0 Å². The molecule has 0 saturated carbocycles. The van der Waals surface area contributed by atoms with Crippen molar-refractivity contribution < 1.29 is 0 Å². The second-order valence-electron chi connectivity index (χ2n) is 3.90. The van der Waals surface area contributed by atoms with Gasteiger partial charge in [-0.3, -0.25) is 4.98 Å². The predicted molar refractivity (Wildman–Crippen MR) is 53.2 cm³/mol. The Morgan fingerprint density at radius 2 is 1.92 bits per heavy atom. The molecular weight excluding hydrogens is 216 g/mol. The topological polar surface area (TPSA) is 25.8 Å². The van der Waals surface area contributed by atoms with Crippen LogP contribution >= 0.6 is 15.9 Å². The fourth-order valence-electron chi connectivity index (χ4n) is 0.951. The summed E-state index contributed by atoms with van der Waals surface area (Å²) in [6.07, 6.45) is 1.80. The van der Waals surface area contributed by atoms with Crippen LogP contribution in [0.4, 0.5) is 0 Å². The molecule has 0 aliphatic heterocycles. The van der Waals surface area contributed by atoms with Crippen molar-refractivity contribution in [3.63, 3.8) is 0 Å². The van der Waals surface area contributed by atoms with E-state index in [0.29, 0.717) is 0 Å². The van der Waals surface area contributed by atoms with Gasteiger partial charge in [-0.15, -0.1) is 0 Å². The predicted octanol–water partition coefficient (Wildman–Crippen LogP) is 2.85. The highest BCUT2D eigenvalue weighted by atomic mass is 79.9. The molecule has 1 rings (SSSR count). The second kappa shape index (κ2) is 3.13. The van der Waals surface area contributed by atoms with E-state index in [4.69, 9.17) is 0 Å². The van der Waals surface area contributed by atoms with Gasteiger partial charge in [-0.1, -0.05) is 20.8 Å². The van der Waals surface area contributed by atoms with Crippen molar-refractivity contribution in [3.05, 3.63) is 22.2 Å². The van der Waals surface area contributed by atoms with Crippen molar-refractivity contribution in [2.45, 2.75) is 33.1 Å². The quantitative estimate of drug-likeness (QED) is 0.683. The highest BCUT2D eigenvalue weighted by Gasteiger charge is 2.19. The Morgan fingerprint density at radius 1 is 1.33 bits per heavy atom. The first-order valence-electron chi connectivity index (χ1n) is 3.91. The molecule has 3 heteroatoms. The third-order valence-corrected chi connectivity index (χ3v) is 2.11. The Kier molecular flexibility index (Phi) is 2.52. The third-order valence-electron chi connectivity index (χ3n) is 1.56. The maximum absolute atomic E-state index is 4.34. The monoisotopic (exact) mass is 228 g/mol. The lowest BCUT2D eigenvalue weighted by molar-refractivity contribution is 0.560. The largest absolute Gasteiger partial charge is 0.256 e. The minimum Gasteiger partial charge on any atom is -0.256 e. The van der Waals surface area contributed by atoms with Crippen LogP contribution in [-0.4, -0.2) is 9.97 Å². The molecule has 2 nitrogen and oxygen atoms in total. The van der Waals surface area contributed by atoms with Crippen molar-refractivity contribution in [1.82, 2.24) is 9.97 Å². The van der Waals surface area contributed by atoms with Gasteiger partial charge in [0, 0.05) is 11.6 Å². The summed E-state index contributed by atoms with van der Waals surface area (Å²) >= 11 is 3.41. The van der Waals surface area contributed by atoms with Crippen molar-refractivity contribution in [3.8, 4) is 0 Å². The standard InChI is InChI=1S/C9H13BrN2/c1-6-5-11-7(8(10)12-6)9(2,3)4/h5H,1-4H3. The zero-order chi connectivity index (χ0) is 9.35. The Morgan fingerprint density at radius 3 is 2.33 bits per heavy atom. The third kappa shape index (κ3) is 2.03. The van der Waals surface area contributed by atoms with Crippen LogP contribution in [0.3, 0.4) is 0 Å². The number of hydrogen-bond acceptors (Lipinski definition) is 2. The van der Waals surface area contributed by atoms with Gasteiger partial charge in [0.2, 0.25) is 0 Å². The van der Waals surface area contributed by atoms with E-state index in [1.165, 1.54) is 0 Å². The van der Waals surface area contributed by atoms with Crippen molar-refractivity contribution in [2.24, 2.45) is 0 Å². The van der Waals surface area contributed by atoms with E-state index in [0.717, 1.165) is 16.0 Å². The Labute approximate surface area is 81.6 Å². The first-order chi connectivity index (χ1) is 5.41. The molecule has 1 heterocycles. The van der Waals surface area contributed by atoms with Crippen LogP contribution in [0.15, 0.2) is 10.8 Å². The summed E-state index contributed by atoms with van der Waals surface area (Å²) in [6.45, 7) is 8.30. The van der Waals surface area contributed by atoms with Crippen LogP contribution in [0, 0.1) is 6.92 Å². The van der Waals surface area contributed by atoms with Gasteiger partial charge in [0.25, 0.3) is 0 Å². The van der Waals surface area contributed by atoms with E-state index in [1.807, 2.05) is 6.92 Å². The van der Waals surface area contributed by atoms with E-state index in [9.17, 15) is 0 Å². The fourth-order valence-corrected chi connectivity index (χ4v) is 1.93. The number of aryl methyl sites for hydroxylation is 1. The minimum absolute atomic E-state index is 0.0551. The maximum Gasteiger partial charge on any atom is 0.128 e. The molecule has 0 bridgehead atoms. The second-order valence-corrected chi connectivity index (χ2v) is 4.65. The fraction of sp³-hybridized carbons (Fsp3) is 0.556. The zero-order valence-electron chi connectivity index (χ0n) is 7.85. The van der Waals surface area contributed by atoms with Crippen molar-refractivity contribution in [2.75, 3.05) is 0 Å². The SMILES string of the molecule is Cc1cnc(C(C)(C)C)c(Br)n1. The van der Waals surface area contributed by atoms with E-state index < -0.39 is 0 Å². The molecule has 0 amide bonds. The highest BCUT2D eigenvalue weighted by molar-refractivity contribution is 9.10. The van der Waals surface area contributed by atoms with E-state index in [-0.39, 0.29) is 5.41 Å². The smallest absolute Gasteiger partial charge is 0.128 e. The maximum atomic E-state index is 4.34. The number of halogens is 1. The van der Waals surface area contributed by atoms with Gasteiger partial charge in [-0.05, 0) is 22.9 Å². The van der Waals surface area contributed by atoms with Crippen LogP contribution in [0.1, 0.15) is 32.2 Å². The van der Waals surface area contributed by atoms with Crippen LogP contribution in [0.25, 0.3) is 0 Å². The van der Waals surface area contributed by atoms with Gasteiger partial charge in [-0.25, -0.2) is 4.98 Å². The molecule has 0 N–H and O–H groups in total. The lowest BCUT2D eigenvalue weighted by atomic mass is 9.93. The normalized spacial score (nSPS) is 11.8. The van der Waals surface area contributed by atoms with E-state index in [2.05, 4.69) is 46.7 Å². The molecule has 0 aromatic carbocycles. The van der Waals surface area contributed by atoms with Gasteiger partial charge >= 0.3 is 0 Å². The molecule has 1 aromatic rings. The van der Waals surface area contributed by atoms with E-state index in [1.54, 1.807) is 6.20 Å². The van der Waals surface area contributed by atoms with Crippen molar-refractivity contribution >= 4 is 15.9 Å². The first-order valence-corrected chi connectivity index (χ1v) is 4.70. The Bertz CT molecular complexity index is 289. The molecule has 12 heavy (non-hydrogen) atoms. The number of aromatic nitrogens is 2. The Hall–Kier alpha value is -0.440. The number of hydrogen-bond donors (Lipinski definition) is 0. The molecule has 0 aliphatic rings. The highest BCUT2D eigenvalue weighted by Crippen LogP contribution is 2.25. The number of nitrogens with zero attached hydrogens (tertiary/aromatic N) is 2. The molecule has 0 unspecified atom stereocenters. The summed E-state index contributed by atoms with van der Waals surface area (Å²) in [5, 5.41) is 0. The number of rotatable bonds is 0. The summed E-state index contributed by atoms with van der Waals surface area (Å²) < 4.78 is 0.856. The molecule has 0 aliphatic carbocycles. The van der Waals surface area contributed by atoms with Crippen LogP contribution in [-0.2, 0) is 5.41 Å². The minimum atomic E-state index is 0.0551. The molecule has 0 saturated heterocycles. The summed E-state index contributed by atoms with van der Waals surface area (Å²) in [5.41, 5.74) is 2.00. The summed E-state index contributed by atoms with van der Waals surface area (Å²) in [4.78, 5) is 8.63. The van der Waals surface area contributed by atoms with Gasteiger partial charge in [0.05, 0.1) is 11.4 Å².